The number of aromatic nitrogens is 2. The summed E-state index contributed by atoms with van der Waals surface area (Å²) in [5.74, 6) is 0.181. The second-order valence-corrected chi connectivity index (χ2v) is 5.67. The number of carbonyl (C=O) groups is 2. The number of benzene rings is 1. The molecule has 1 saturated carbocycles. The number of nitrogens with zero attached hydrogens (tertiary/aromatic N) is 2. The van der Waals surface area contributed by atoms with Gasteiger partial charge in [-0.2, -0.15) is 0 Å². The Morgan fingerprint density at radius 1 is 1.29 bits per heavy atom. The van der Waals surface area contributed by atoms with Crippen molar-refractivity contribution in [1.29, 1.82) is 0 Å². The Labute approximate surface area is 125 Å². The minimum Gasteiger partial charge on any atom is -0.299 e. The summed E-state index contributed by atoms with van der Waals surface area (Å²) < 4.78 is 1.40. The van der Waals surface area contributed by atoms with Gasteiger partial charge in [-0.05, 0) is 31.5 Å². The van der Waals surface area contributed by atoms with Crippen LogP contribution in [0.5, 0.6) is 0 Å². The molecule has 0 N–H and O–H groups in total. The molecule has 1 aliphatic carbocycles. The Balaban J connectivity index is 2.21. The van der Waals surface area contributed by atoms with Gasteiger partial charge in [-0.25, -0.2) is 4.98 Å². The third-order valence-corrected chi connectivity index (χ3v) is 4.03. The van der Waals surface area contributed by atoms with Gasteiger partial charge in [0.25, 0.3) is 5.56 Å². The van der Waals surface area contributed by atoms with Crippen LogP contribution in [0.25, 0.3) is 10.9 Å². The molecule has 1 heterocycles. The molecule has 108 valence electrons. The zero-order valence-corrected chi connectivity index (χ0v) is 12.2. The number of hydrogen-bond donors (Lipinski definition) is 0. The molecule has 0 radical (unpaired) electrons. The SMILES string of the molecule is Cc1nc2ccc(Cl)cc2c(=O)n1C1CCC(=O)CC1=O. The summed E-state index contributed by atoms with van der Waals surface area (Å²) in [6, 6.07) is 4.31. The number of rotatable bonds is 1. The van der Waals surface area contributed by atoms with Gasteiger partial charge in [0, 0.05) is 11.4 Å². The van der Waals surface area contributed by atoms with Gasteiger partial charge in [0.05, 0.1) is 23.4 Å². The topological polar surface area (TPSA) is 69.0 Å². The highest BCUT2D eigenvalue weighted by Crippen LogP contribution is 2.24. The first-order chi connectivity index (χ1) is 9.97. The number of fused-ring (bicyclic) bond motifs is 1. The van der Waals surface area contributed by atoms with Crippen molar-refractivity contribution in [1.82, 2.24) is 9.55 Å². The van der Waals surface area contributed by atoms with Crippen LogP contribution >= 0.6 is 11.6 Å². The first-order valence-electron chi connectivity index (χ1n) is 6.70. The van der Waals surface area contributed by atoms with Crippen LogP contribution in [0.15, 0.2) is 23.0 Å². The van der Waals surface area contributed by atoms with Crippen LogP contribution in [0.2, 0.25) is 5.02 Å². The van der Waals surface area contributed by atoms with Gasteiger partial charge >= 0.3 is 0 Å². The second-order valence-electron chi connectivity index (χ2n) is 5.23. The molecule has 0 bridgehead atoms. The molecule has 1 aromatic heterocycles. The van der Waals surface area contributed by atoms with Crippen molar-refractivity contribution >= 4 is 34.1 Å². The number of Topliss-reactive ketones (excluding diaryl/α,β-unsaturated/α-hetero) is 2. The van der Waals surface area contributed by atoms with E-state index in [2.05, 4.69) is 4.98 Å². The molecule has 6 heteroatoms. The van der Waals surface area contributed by atoms with E-state index >= 15 is 0 Å². The maximum atomic E-state index is 12.7. The van der Waals surface area contributed by atoms with E-state index in [9.17, 15) is 14.4 Å². The van der Waals surface area contributed by atoms with E-state index in [0.717, 1.165) is 0 Å². The molecular formula is C15H13ClN2O3. The predicted octanol–water partition coefficient (Wildman–Crippen LogP) is 2.22. The smallest absolute Gasteiger partial charge is 0.262 e. The Morgan fingerprint density at radius 2 is 2.05 bits per heavy atom. The average Bonchev–Trinajstić information content (AvgIpc) is 2.42. The fraction of sp³-hybridized carbons (Fsp3) is 0.333. The average molecular weight is 305 g/mol. The molecule has 0 aliphatic heterocycles. The lowest BCUT2D eigenvalue weighted by molar-refractivity contribution is -0.132. The number of hydrogen-bond acceptors (Lipinski definition) is 4. The third-order valence-electron chi connectivity index (χ3n) is 3.79. The van der Waals surface area contributed by atoms with E-state index in [-0.39, 0.29) is 23.5 Å². The van der Waals surface area contributed by atoms with Crippen LogP contribution in [0.1, 0.15) is 31.1 Å². The highest BCUT2D eigenvalue weighted by molar-refractivity contribution is 6.31. The molecule has 21 heavy (non-hydrogen) atoms. The summed E-state index contributed by atoms with van der Waals surface area (Å²) in [5, 5.41) is 0.833. The molecule has 1 fully saturated rings. The lowest BCUT2D eigenvalue weighted by atomic mass is 9.92. The molecule has 5 nitrogen and oxygen atoms in total. The van der Waals surface area contributed by atoms with E-state index < -0.39 is 6.04 Å². The largest absolute Gasteiger partial charge is 0.299 e. The molecule has 0 spiro atoms. The standard InChI is InChI=1S/C15H13ClN2O3/c1-8-17-12-4-2-9(16)6-11(12)15(21)18(8)13-5-3-10(19)7-14(13)20/h2,4,6,13H,3,5,7H2,1H3. The van der Waals surface area contributed by atoms with Crippen LogP contribution in [0.4, 0.5) is 0 Å². The van der Waals surface area contributed by atoms with Crippen LogP contribution in [0, 0.1) is 6.92 Å². The van der Waals surface area contributed by atoms with Crippen LogP contribution in [0.3, 0.4) is 0 Å². The fourth-order valence-corrected chi connectivity index (χ4v) is 2.95. The van der Waals surface area contributed by atoms with Crippen molar-refractivity contribution in [2.24, 2.45) is 0 Å². The molecular weight excluding hydrogens is 292 g/mol. The van der Waals surface area contributed by atoms with Crippen LogP contribution < -0.4 is 5.56 Å². The lowest BCUT2D eigenvalue weighted by Crippen LogP contribution is -2.36. The number of aryl methyl sites for hydroxylation is 1. The van der Waals surface area contributed by atoms with Crippen molar-refractivity contribution in [3.8, 4) is 0 Å². The fourth-order valence-electron chi connectivity index (χ4n) is 2.78. The quantitative estimate of drug-likeness (QED) is 0.758. The van der Waals surface area contributed by atoms with Crippen molar-refractivity contribution in [3.63, 3.8) is 0 Å². The van der Waals surface area contributed by atoms with Crippen LogP contribution in [-0.2, 0) is 9.59 Å². The van der Waals surface area contributed by atoms with E-state index in [0.29, 0.717) is 34.6 Å². The molecule has 3 rings (SSSR count). The second kappa shape index (κ2) is 5.07. The molecule has 1 unspecified atom stereocenters. The Kier molecular flexibility index (Phi) is 3.37. The monoisotopic (exact) mass is 304 g/mol. The van der Waals surface area contributed by atoms with Crippen LogP contribution in [-0.4, -0.2) is 21.1 Å². The van der Waals surface area contributed by atoms with Crippen molar-refractivity contribution in [2.45, 2.75) is 32.2 Å². The summed E-state index contributed by atoms with van der Waals surface area (Å²) in [4.78, 5) is 40.4. The Bertz CT molecular complexity index is 826. The van der Waals surface area contributed by atoms with E-state index in [4.69, 9.17) is 11.6 Å². The first kappa shape index (κ1) is 13.9. The van der Waals surface area contributed by atoms with Gasteiger partial charge in [0.2, 0.25) is 0 Å². The van der Waals surface area contributed by atoms with E-state index in [1.807, 2.05) is 0 Å². The summed E-state index contributed by atoms with van der Waals surface area (Å²) in [6.07, 6.45) is 0.562. The molecule has 1 aliphatic rings. The molecule has 1 atom stereocenters. The third kappa shape index (κ3) is 2.38. The maximum absolute atomic E-state index is 12.7. The maximum Gasteiger partial charge on any atom is 0.262 e. The number of halogens is 1. The zero-order chi connectivity index (χ0) is 15.1. The van der Waals surface area contributed by atoms with E-state index in [1.165, 1.54) is 4.57 Å². The van der Waals surface area contributed by atoms with Crippen molar-refractivity contribution < 1.29 is 9.59 Å². The minimum absolute atomic E-state index is 0.0706. The number of ketones is 2. The normalized spacial score (nSPS) is 19.2. The summed E-state index contributed by atoms with van der Waals surface area (Å²) >= 11 is 5.93. The Hall–Kier alpha value is -2.01. The van der Waals surface area contributed by atoms with Gasteiger partial charge in [-0.15, -0.1) is 0 Å². The van der Waals surface area contributed by atoms with Crippen molar-refractivity contribution in [3.05, 3.63) is 39.4 Å². The summed E-state index contributed by atoms with van der Waals surface area (Å²) in [5.41, 5.74) is 0.269. The van der Waals surface area contributed by atoms with Gasteiger partial charge < -0.3 is 0 Å². The predicted molar refractivity (Wildman–Crippen MR) is 78.7 cm³/mol. The molecule has 2 aromatic rings. The molecule has 0 amide bonds. The minimum atomic E-state index is -0.605. The van der Waals surface area contributed by atoms with Gasteiger partial charge in [0.1, 0.15) is 11.6 Å². The van der Waals surface area contributed by atoms with Crippen molar-refractivity contribution in [2.75, 3.05) is 0 Å². The van der Waals surface area contributed by atoms with E-state index in [1.54, 1.807) is 25.1 Å². The van der Waals surface area contributed by atoms with Gasteiger partial charge in [-0.3, -0.25) is 19.0 Å². The lowest BCUT2D eigenvalue weighted by Gasteiger charge is -2.23. The summed E-state index contributed by atoms with van der Waals surface area (Å²) in [7, 11) is 0. The van der Waals surface area contributed by atoms with Gasteiger partial charge in [0.15, 0.2) is 5.78 Å². The zero-order valence-electron chi connectivity index (χ0n) is 11.4. The first-order valence-corrected chi connectivity index (χ1v) is 7.08. The Morgan fingerprint density at radius 3 is 2.76 bits per heavy atom. The summed E-state index contributed by atoms with van der Waals surface area (Å²) in [6.45, 7) is 1.69. The number of carbonyl (C=O) groups excluding carboxylic acids is 2. The highest BCUT2D eigenvalue weighted by Gasteiger charge is 2.30. The molecule has 0 saturated heterocycles. The highest BCUT2D eigenvalue weighted by atomic mass is 35.5. The molecule has 1 aromatic carbocycles. The van der Waals surface area contributed by atoms with Gasteiger partial charge in [-0.1, -0.05) is 11.6 Å².